The number of rotatable bonds is 8. The highest BCUT2D eigenvalue weighted by molar-refractivity contribution is 5.87. The largest absolute Gasteiger partial charge is 0.459 e. The Bertz CT molecular complexity index is 473. The van der Waals surface area contributed by atoms with Crippen molar-refractivity contribution in [2.75, 3.05) is 13.2 Å². The molecule has 0 amide bonds. The second kappa shape index (κ2) is 8.03. The molecule has 0 bridgehead atoms. The number of carbonyl (C=O) groups is 3. The van der Waals surface area contributed by atoms with Crippen molar-refractivity contribution in [1.29, 1.82) is 0 Å². The number of esters is 3. The van der Waals surface area contributed by atoms with Crippen LogP contribution in [-0.4, -0.2) is 48.6 Å². The zero-order valence-electron chi connectivity index (χ0n) is 13.9. The SMILES string of the molecule is C=C(C)C(=O)OCC(COC(=O)C(C)(C)F)OC(=O)C(C)(C)F. The van der Waals surface area contributed by atoms with Gasteiger partial charge < -0.3 is 14.2 Å². The average molecular weight is 336 g/mol. The predicted molar refractivity (Wildman–Crippen MR) is 77.0 cm³/mol. The lowest BCUT2D eigenvalue weighted by atomic mass is 10.2. The molecule has 0 rings (SSSR count). The molecule has 0 heterocycles. The quantitative estimate of drug-likeness (QED) is 0.383. The first kappa shape index (κ1) is 21.0. The second-order valence-electron chi connectivity index (χ2n) is 5.95. The minimum Gasteiger partial charge on any atom is -0.459 e. The first-order valence-corrected chi connectivity index (χ1v) is 6.84. The minimum atomic E-state index is -2.29. The molecule has 1 atom stereocenters. The van der Waals surface area contributed by atoms with Crippen LogP contribution in [0.15, 0.2) is 12.2 Å². The van der Waals surface area contributed by atoms with Gasteiger partial charge in [0.05, 0.1) is 0 Å². The van der Waals surface area contributed by atoms with Crippen molar-refractivity contribution in [2.24, 2.45) is 0 Å². The van der Waals surface area contributed by atoms with Crippen molar-refractivity contribution in [3.8, 4) is 0 Å². The summed E-state index contributed by atoms with van der Waals surface area (Å²) in [6, 6.07) is 0. The van der Waals surface area contributed by atoms with E-state index in [0.717, 1.165) is 27.7 Å². The molecule has 6 nitrogen and oxygen atoms in total. The van der Waals surface area contributed by atoms with Gasteiger partial charge in [0.1, 0.15) is 13.2 Å². The van der Waals surface area contributed by atoms with E-state index in [2.05, 4.69) is 11.3 Å². The van der Waals surface area contributed by atoms with Gasteiger partial charge >= 0.3 is 17.9 Å². The topological polar surface area (TPSA) is 78.9 Å². The van der Waals surface area contributed by atoms with Crippen LogP contribution in [0.25, 0.3) is 0 Å². The van der Waals surface area contributed by atoms with E-state index in [0.29, 0.717) is 0 Å². The van der Waals surface area contributed by atoms with Crippen molar-refractivity contribution in [3.63, 3.8) is 0 Å². The van der Waals surface area contributed by atoms with Gasteiger partial charge in [0.15, 0.2) is 6.10 Å². The molecule has 23 heavy (non-hydrogen) atoms. The Morgan fingerprint density at radius 2 is 1.39 bits per heavy atom. The lowest BCUT2D eigenvalue weighted by molar-refractivity contribution is -0.176. The Labute approximate surface area is 133 Å². The number of halogens is 2. The van der Waals surface area contributed by atoms with Crippen molar-refractivity contribution in [2.45, 2.75) is 52.1 Å². The molecule has 0 N–H and O–H groups in total. The van der Waals surface area contributed by atoms with Crippen LogP contribution in [0.4, 0.5) is 8.78 Å². The fraction of sp³-hybridized carbons (Fsp3) is 0.667. The molecule has 0 aliphatic heterocycles. The number of hydrogen-bond donors (Lipinski definition) is 0. The summed E-state index contributed by atoms with van der Waals surface area (Å²) < 4.78 is 41.1. The zero-order chi connectivity index (χ0) is 18.4. The molecule has 0 radical (unpaired) electrons. The molecule has 0 aliphatic rings. The molecule has 0 fully saturated rings. The molecule has 1 unspecified atom stereocenters. The van der Waals surface area contributed by atoms with Crippen LogP contribution in [0.1, 0.15) is 34.6 Å². The van der Waals surface area contributed by atoms with Crippen LogP contribution in [0.3, 0.4) is 0 Å². The van der Waals surface area contributed by atoms with E-state index in [4.69, 9.17) is 9.47 Å². The summed E-state index contributed by atoms with van der Waals surface area (Å²) in [5.74, 6) is -3.18. The molecule has 0 saturated heterocycles. The van der Waals surface area contributed by atoms with Crippen LogP contribution in [-0.2, 0) is 28.6 Å². The van der Waals surface area contributed by atoms with Gasteiger partial charge in [0.25, 0.3) is 0 Å². The molecule has 0 spiro atoms. The van der Waals surface area contributed by atoms with E-state index >= 15 is 0 Å². The molecular formula is C15H22F2O6. The number of alkyl halides is 2. The lowest BCUT2D eigenvalue weighted by Gasteiger charge is -2.22. The average Bonchev–Trinajstić information content (AvgIpc) is 2.38. The van der Waals surface area contributed by atoms with Gasteiger partial charge in [0, 0.05) is 5.57 Å². The predicted octanol–water partition coefficient (Wildman–Crippen LogP) is 2.06. The monoisotopic (exact) mass is 336 g/mol. The molecule has 0 aromatic rings. The highest BCUT2D eigenvalue weighted by Gasteiger charge is 2.33. The summed E-state index contributed by atoms with van der Waals surface area (Å²) in [6.07, 6.45) is -1.27. The highest BCUT2D eigenvalue weighted by Crippen LogP contribution is 2.14. The van der Waals surface area contributed by atoms with Gasteiger partial charge in [0.2, 0.25) is 11.3 Å². The Hall–Kier alpha value is -1.99. The number of ether oxygens (including phenoxy) is 3. The standard InChI is InChI=1S/C15H22F2O6/c1-9(2)11(18)21-7-10(23-13(20)15(5,6)17)8-22-12(19)14(3,4)16/h10H,1,7-8H2,2-6H3. The van der Waals surface area contributed by atoms with Crippen molar-refractivity contribution in [3.05, 3.63) is 12.2 Å². The molecule has 8 heteroatoms. The maximum atomic E-state index is 13.5. The van der Waals surface area contributed by atoms with Crippen LogP contribution in [0, 0.1) is 0 Å². The van der Waals surface area contributed by atoms with E-state index in [-0.39, 0.29) is 5.57 Å². The van der Waals surface area contributed by atoms with E-state index in [1.807, 2.05) is 0 Å². The normalized spacial score (nSPS) is 13.0. The Morgan fingerprint density at radius 1 is 0.957 bits per heavy atom. The fourth-order valence-corrected chi connectivity index (χ4v) is 1.04. The maximum Gasteiger partial charge on any atom is 0.343 e. The molecule has 0 aliphatic carbocycles. The first-order valence-electron chi connectivity index (χ1n) is 6.84. The van der Waals surface area contributed by atoms with Gasteiger partial charge in [-0.3, -0.25) is 0 Å². The lowest BCUT2D eigenvalue weighted by Crippen LogP contribution is -2.39. The third-order valence-electron chi connectivity index (χ3n) is 2.39. The van der Waals surface area contributed by atoms with Gasteiger partial charge in [-0.2, -0.15) is 0 Å². The maximum absolute atomic E-state index is 13.5. The second-order valence-corrected chi connectivity index (χ2v) is 5.95. The van der Waals surface area contributed by atoms with E-state index < -0.39 is 48.6 Å². The van der Waals surface area contributed by atoms with Gasteiger partial charge in [-0.1, -0.05) is 6.58 Å². The van der Waals surface area contributed by atoms with Crippen LogP contribution < -0.4 is 0 Å². The van der Waals surface area contributed by atoms with E-state index in [9.17, 15) is 23.2 Å². The van der Waals surface area contributed by atoms with Crippen LogP contribution in [0.5, 0.6) is 0 Å². The van der Waals surface area contributed by atoms with Gasteiger partial charge in [-0.25, -0.2) is 23.2 Å². The summed E-state index contributed by atoms with van der Waals surface area (Å²) in [7, 11) is 0. The van der Waals surface area contributed by atoms with E-state index in [1.165, 1.54) is 6.92 Å². The number of carbonyl (C=O) groups excluding carboxylic acids is 3. The molecular weight excluding hydrogens is 314 g/mol. The van der Waals surface area contributed by atoms with Crippen molar-refractivity contribution >= 4 is 17.9 Å². The van der Waals surface area contributed by atoms with Crippen molar-refractivity contribution in [1.82, 2.24) is 0 Å². The Balaban J connectivity index is 4.80. The summed E-state index contributed by atoms with van der Waals surface area (Å²) in [5.41, 5.74) is -4.44. The van der Waals surface area contributed by atoms with Crippen molar-refractivity contribution < 1.29 is 37.4 Å². The first-order chi connectivity index (χ1) is 10.2. The molecule has 0 aromatic carbocycles. The third kappa shape index (κ3) is 8.27. The van der Waals surface area contributed by atoms with Gasteiger partial charge in [-0.15, -0.1) is 0 Å². The summed E-state index contributed by atoms with van der Waals surface area (Å²) in [6.45, 7) is 7.61. The summed E-state index contributed by atoms with van der Waals surface area (Å²) in [4.78, 5) is 34.2. The molecule has 0 aromatic heterocycles. The Morgan fingerprint density at radius 3 is 1.78 bits per heavy atom. The minimum absolute atomic E-state index is 0.0998. The molecule has 0 saturated carbocycles. The summed E-state index contributed by atoms with van der Waals surface area (Å²) >= 11 is 0. The zero-order valence-corrected chi connectivity index (χ0v) is 13.9. The smallest absolute Gasteiger partial charge is 0.343 e. The number of hydrogen-bond acceptors (Lipinski definition) is 6. The third-order valence-corrected chi connectivity index (χ3v) is 2.39. The van der Waals surface area contributed by atoms with Gasteiger partial charge in [-0.05, 0) is 34.6 Å². The van der Waals surface area contributed by atoms with Crippen LogP contribution in [0.2, 0.25) is 0 Å². The summed E-state index contributed by atoms with van der Waals surface area (Å²) in [5, 5.41) is 0. The van der Waals surface area contributed by atoms with E-state index in [1.54, 1.807) is 0 Å². The Kier molecular flexibility index (Phi) is 7.33. The fourth-order valence-electron chi connectivity index (χ4n) is 1.04. The van der Waals surface area contributed by atoms with Crippen LogP contribution >= 0.6 is 0 Å². The molecule has 132 valence electrons. The highest BCUT2D eigenvalue weighted by atomic mass is 19.1.